The molecule has 0 unspecified atom stereocenters. The van der Waals surface area contributed by atoms with Gasteiger partial charge in [-0.2, -0.15) is 29.4 Å². The predicted molar refractivity (Wildman–Crippen MR) is 244 cm³/mol. The third-order valence-corrected chi connectivity index (χ3v) is 13.2. The van der Waals surface area contributed by atoms with Crippen molar-refractivity contribution >= 4 is 75.3 Å². The Morgan fingerprint density at radius 1 is 0.583 bits per heavy atom. The maximum absolute atomic E-state index is 6.19. The molecular formula is C52H36IrN5OS-. The number of nitrogens with zero attached hydrogens (tertiary/aromatic N) is 5. The van der Waals surface area contributed by atoms with Crippen LogP contribution >= 0.6 is 11.3 Å². The average molecular weight is 971 g/mol. The summed E-state index contributed by atoms with van der Waals surface area (Å²) in [6.45, 7) is 8.54. The maximum Gasteiger partial charge on any atom is 0.135 e. The van der Waals surface area contributed by atoms with Gasteiger partial charge in [-0.25, -0.2) is 4.98 Å². The number of aromatic nitrogens is 5. The van der Waals surface area contributed by atoms with Crippen LogP contribution in [0.1, 0.15) is 22.9 Å². The second kappa shape index (κ2) is 13.7. The van der Waals surface area contributed by atoms with E-state index in [0.29, 0.717) is 0 Å². The number of hydrogen-bond acceptors (Lipinski definition) is 4. The van der Waals surface area contributed by atoms with Crippen molar-refractivity contribution in [3.05, 3.63) is 175 Å². The van der Waals surface area contributed by atoms with E-state index in [4.69, 9.17) is 14.5 Å². The monoisotopic (exact) mass is 971 g/mol. The van der Waals surface area contributed by atoms with Gasteiger partial charge in [-0.15, -0.1) is 17.4 Å². The number of hydrogen-bond donors (Lipinski definition) is 0. The molecule has 5 aromatic heterocycles. The number of furan rings is 1. The molecule has 7 aromatic carbocycles. The standard InChI is InChI=1S/C52H36N5OS.Ir/c1-30-50(31(2)57(54-30)36-14-6-5-7-15-36)34-22-25-49-42(26-34)43-27-35(28-46(52(43)59-49)56-44-19-11-8-16-38(44)39-17-9-12-20-45(39)56)51-32(3)55(33(4)53-51)37-23-24-48-41(29-37)40-18-10-13-21-47(40)58-48;/h5-14,16-29H,1-4H3;/q-1;. The number of aryl methyl sites for hydroxylation is 2. The Labute approximate surface area is 363 Å². The molecule has 0 saturated carbocycles. The van der Waals surface area contributed by atoms with Gasteiger partial charge in [0.15, 0.2) is 0 Å². The topological polar surface area (TPSA) is 53.7 Å². The van der Waals surface area contributed by atoms with Gasteiger partial charge in [-0.05, 0) is 99.6 Å². The van der Waals surface area contributed by atoms with Gasteiger partial charge in [0.1, 0.15) is 17.0 Å². The minimum Gasteiger partial charge on any atom is -0.456 e. The van der Waals surface area contributed by atoms with Crippen LogP contribution in [0.2, 0.25) is 0 Å². The molecule has 0 aliphatic rings. The molecule has 12 aromatic rings. The first-order valence-corrected chi connectivity index (χ1v) is 20.7. The van der Waals surface area contributed by atoms with Gasteiger partial charge in [0.2, 0.25) is 0 Å². The van der Waals surface area contributed by atoms with Gasteiger partial charge >= 0.3 is 0 Å². The second-order valence-corrected chi connectivity index (χ2v) is 16.5. The third kappa shape index (κ3) is 5.34. The minimum absolute atomic E-state index is 0. The molecule has 5 heterocycles. The molecule has 0 atom stereocenters. The van der Waals surface area contributed by atoms with Gasteiger partial charge in [0.05, 0.1) is 32.8 Å². The molecule has 0 aliphatic carbocycles. The van der Waals surface area contributed by atoms with Crippen LogP contribution in [0.25, 0.3) is 103 Å². The number of benzene rings is 7. The summed E-state index contributed by atoms with van der Waals surface area (Å²) in [4.78, 5) is 5.34. The molecule has 291 valence electrons. The molecule has 0 aliphatic heterocycles. The number of thiophene rings is 1. The van der Waals surface area contributed by atoms with Crippen LogP contribution in [0.5, 0.6) is 0 Å². The first kappa shape index (κ1) is 36.5. The van der Waals surface area contributed by atoms with Crippen molar-refractivity contribution in [2.75, 3.05) is 0 Å². The summed E-state index contributed by atoms with van der Waals surface area (Å²) in [5, 5.41) is 12.1. The van der Waals surface area contributed by atoms with E-state index >= 15 is 0 Å². The number of rotatable bonds is 5. The number of para-hydroxylation sites is 4. The van der Waals surface area contributed by atoms with Crippen LogP contribution in [0.4, 0.5) is 0 Å². The largest absolute Gasteiger partial charge is 0.456 e. The molecule has 6 nitrogen and oxygen atoms in total. The Balaban J connectivity index is 0.00000408. The van der Waals surface area contributed by atoms with E-state index < -0.39 is 0 Å². The predicted octanol–water partition coefficient (Wildman–Crippen LogP) is 13.8. The van der Waals surface area contributed by atoms with Crippen molar-refractivity contribution in [2.45, 2.75) is 27.7 Å². The van der Waals surface area contributed by atoms with E-state index in [1.165, 1.54) is 42.0 Å². The summed E-state index contributed by atoms with van der Waals surface area (Å²) < 4.78 is 15.4. The first-order chi connectivity index (χ1) is 28.9. The van der Waals surface area contributed by atoms with Crippen LogP contribution < -0.4 is 0 Å². The van der Waals surface area contributed by atoms with Gasteiger partial charge in [0, 0.05) is 85.3 Å². The Kier molecular flexibility index (Phi) is 8.37. The van der Waals surface area contributed by atoms with Crippen molar-refractivity contribution in [3.63, 3.8) is 0 Å². The SMILES string of the molecule is Cc1nn(-c2[c-]cccc2)c(C)c1-c1ccc2sc3c(-n4c5ccccc5c5ccccc54)cc(-c4nc(C)n(-c5ccc6oc7ccccc7c6c5)c4C)cc3c2c1.[Ir]. The second-order valence-electron chi connectivity index (χ2n) is 15.5. The molecule has 0 bridgehead atoms. The van der Waals surface area contributed by atoms with Crippen LogP contribution in [-0.2, 0) is 20.1 Å². The van der Waals surface area contributed by atoms with E-state index in [9.17, 15) is 0 Å². The van der Waals surface area contributed by atoms with Crippen LogP contribution in [0, 0.1) is 33.8 Å². The zero-order chi connectivity index (χ0) is 39.5. The van der Waals surface area contributed by atoms with Crippen LogP contribution in [-0.4, -0.2) is 23.9 Å². The molecular weight excluding hydrogens is 935 g/mol. The molecule has 12 rings (SSSR count). The fourth-order valence-electron chi connectivity index (χ4n) is 9.46. The van der Waals surface area contributed by atoms with E-state index in [1.807, 2.05) is 46.4 Å². The molecule has 0 fully saturated rings. The fraction of sp³-hybridized carbons (Fsp3) is 0.0769. The summed E-state index contributed by atoms with van der Waals surface area (Å²) in [5.74, 6) is 0.930. The van der Waals surface area contributed by atoms with Crippen molar-refractivity contribution in [1.29, 1.82) is 0 Å². The third-order valence-electron chi connectivity index (χ3n) is 12.0. The molecule has 0 N–H and O–H groups in total. The van der Waals surface area contributed by atoms with Gasteiger partial charge in [-0.3, -0.25) is 4.68 Å². The fourth-order valence-corrected chi connectivity index (χ4v) is 10.6. The minimum atomic E-state index is 0. The molecule has 8 heteroatoms. The molecule has 0 amide bonds. The Bertz CT molecular complexity index is 3620. The van der Waals surface area contributed by atoms with Crippen LogP contribution in [0.3, 0.4) is 0 Å². The van der Waals surface area contributed by atoms with E-state index in [2.05, 4.69) is 158 Å². The Morgan fingerprint density at radius 3 is 2.05 bits per heavy atom. The van der Waals surface area contributed by atoms with E-state index in [1.54, 1.807) is 0 Å². The normalized spacial score (nSPS) is 11.9. The maximum atomic E-state index is 6.19. The quantitative estimate of drug-likeness (QED) is 0.162. The van der Waals surface area contributed by atoms with Gasteiger partial charge in [-0.1, -0.05) is 60.7 Å². The van der Waals surface area contributed by atoms with Gasteiger partial charge < -0.3 is 13.6 Å². The summed E-state index contributed by atoms with van der Waals surface area (Å²) >= 11 is 1.85. The number of imidazole rings is 1. The zero-order valence-electron chi connectivity index (χ0n) is 33.2. The molecule has 0 saturated heterocycles. The Morgan fingerprint density at radius 2 is 1.28 bits per heavy atom. The first-order valence-electron chi connectivity index (χ1n) is 19.9. The van der Waals surface area contributed by atoms with E-state index in [-0.39, 0.29) is 20.1 Å². The zero-order valence-corrected chi connectivity index (χ0v) is 36.5. The smallest absolute Gasteiger partial charge is 0.135 e. The average Bonchev–Trinajstić information content (AvgIpc) is 4.06. The van der Waals surface area contributed by atoms with Crippen molar-refractivity contribution in [1.82, 2.24) is 23.9 Å². The van der Waals surface area contributed by atoms with Crippen LogP contribution in [0.15, 0.2) is 150 Å². The molecule has 60 heavy (non-hydrogen) atoms. The summed E-state index contributed by atoms with van der Waals surface area (Å²) in [5.41, 5.74) is 14.8. The Hall–Kier alpha value is -6.57. The molecule has 0 spiro atoms. The van der Waals surface area contributed by atoms with E-state index in [0.717, 1.165) is 84.3 Å². The number of fused-ring (bicyclic) bond motifs is 9. The summed E-state index contributed by atoms with van der Waals surface area (Å²) in [6, 6.07) is 55.2. The van der Waals surface area contributed by atoms with Crippen molar-refractivity contribution < 1.29 is 24.5 Å². The molecule has 1 radical (unpaired) electrons. The summed E-state index contributed by atoms with van der Waals surface area (Å²) in [7, 11) is 0. The van der Waals surface area contributed by atoms with Crippen molar-refractivity contribution in [3.8, 4) is 39.4 Å². The van der Waals surface area contributed by atoms with Gasteiger partial charge in [0.25, 0.3) is 0 Å². The summed E-state index contributed by atoms with van der Waals surface area (Å²) in [6.07, 6.45) is 0. The van der Waals surface area contributed by atoms with Crippen molar-refractivity contribution in [2.24, 2.45) is 0 Å².